The highest BCUT2D eigenvalue weighted by molar-refractivity contribution is 5.79. The first-order valence-electron chi connectivity index (χ1n) is 5.09. The summed E-state index contributed by atoms with van der Waals surface area (Å²) in [7, 11) is 1.66. The Bertz CT molecular complexity index is 198. The summed E-state index contributed by atoms with van der Waals surface area (Å²) in [6, 6.07) is 0. The minimum absolute atomic E-state index is 0.139. The van der Waals surface area contributed by atoms with Crippen molar-refractivity contribution < 1.29 is 9.53 Å². The van der Waals surface area contributed by atoms with Gasteiger partial charge in [-0.2, -0.15) is 0 Å². The normalized spacial score (nSPS) is 22.4. The molecule has 2 N–H and O–H groups in total. The number of hydrogen-bond acceptors (Lipinski definition) is 3. The number of nitrogens with one attached hydrogen (secondary N) is 2. The average Bonchev–Trinajstić information content (AvgIpc) is 2.67. The zero-order valence-electron chi connectivity index (χ0n) is 9.22. The van der Waals surface area contributed by atoms with Crippen molar-refractivity contribution in [2.24, 2.45) is 5.92 Å². The van der Waals surface area contributed by atoms with E-state index >= 15 is 0 Å². The molecule has 14 heavy (non-hydrogen) atoms. The zero-order chi connectivity index (χ0) is 10.6. The maximum absolute atomic E-state index is 11.6. The number of ether oxygens (including phenoxy) is 1. The Hall–Kier alpha value is -0.610. The highest BCUT2D eigenvalue weighted by atomic mass is 16.5. The van der Waals surface area contributed by atoms with E-state index in [1.165, 1.54) is 0 Å². The van der Waals surface area contributed by atoms with Crippen molar-refractivity contribution in [1.82, 2.24) is 10.6 Å². The molecule has 1 fully saturated rings. The van der Waals surface area contributed by atoms with Crippen LogP contribution in [0.4, 0.5) is 0 Å². The molecule has 1 aliphatic heterocycles. The quantitative estimate of drug-likeness (QED) is 0.678. The summed E-state index contributed by atoms with van der Waals surface area (Å²) >= 11 is 0. The number of rotatable bonds is 4. The molecule has 0 aliphatic carbocycles. The second kappa shape index (κ2) is 4.75. The topological polar surface area (TPSA) is 50.4 Å². The SMILES string of the molecule is COC(C)(C)CNC(=O)[C@@H]1CCNC1. The molecule has 0 unspecified atom stereocenters. The van der Waals surface area contributed by atoms with Crippen molar-refractivity contribution in [3.05, 3.63) is 0 Å². The second-order valence-corrected chi connectivity index (χ2v) is 4.37. The van der Waals surface area contributed by atoms with Crippen LogP contribution in [0.1, 0.15) is 20.3 Å². The van der Waals surface area contributed by atoms with Crippen LogP contribution in [0, 0.1) is 5.92 Å². The molecule has 0 aromatic rings. The summed E-state index contributed by atoms with van der Waals surface area (Å²) in [6.45, 7) is 6.24. The lowest BCUT2D eigenvalue weighted by molar-refractivity contribution is -0.125. The fraction of sp³-hybridized carbons (Fsp3) is 0.900. The molecule has 0 radical (unpaired) electrons. The summed E-state index contributed by atoms with van der Waals surface area (Å²) < 4.78 is 5.22. The second-order valence-electron chi connectivity index (χ2n) is 4.37. The maximum Gasteiger partial charge on any atom is 0.224 e. The van der Waals surface area contributed by atoms with Gasteiger partial charge in [0.1, 0.15) is 0 Å². The smallest absolute Gasteiger partial charge is 0.224 e. The summed E-state index contributed by atoms with van der Waals surface area (Å²) in [5, 5.41) is 6.08. The first-order chi connectivity index (χ1) is 6.55. The van der Waals surface area contributed by atoms with E-state index < -0.39 is 0 Å². The molecular formula is C10H20N2O2. The van der Waals surface area contributed by atoms with Crippen LogP contribution in [0.2, 0.25) is 0 Å². The van der Waals surface area contributed by atoms with Crippen molar-refractivity contribution >= 4 is 5.91 Å². The van der Waals surface area contributed by atoms with E-state index in [1.54, 1.807) is 7.11 Å². The van der Waals surface area contributed by atoms with Gasteiger partial charge in [-0.25, -0.2) is 0 Å². The zero-order valence-corrected chi connectivity index (χ0v) is 9.22. The molecule has 4 heteroatoms. The molecule has 1 aliphatic rings. The van der Waals surface area contributed by atoms with Crippen molar-refractivity contribution in [2.45, 2.75) is 25.9 Å². The molecule has 4 nitrogen and oxygen atoms in total. The predicted octanol–water partition coefficient (Wildman–Crippen LogP) is 0.137. The number of amides is 1. The average molecular weight is 200 g/mol. The molecule has 1 heterocycles. The molecule has 1 amide bonds. The van der Waals surface area contributed by atoms with Crippen LogP contribution in [-0.2, 0) is 9.53 Å². The monoisotopic (exact) mass is 200 g/mol. The minimum Gasteiger partial charge on any atom is -0.377 e. The highest BCUT2D eigenvalue weighted by Crippen LogP contribution is 2.09. The Balaban J connectivity index is 2.27. The van der Waals surface area contributed by atoms with Gasteiger partial charge in [0.25, 0.3) is 0 Å². The molecule has 0 spiro atoms. The van der Waals surface area contributed by atoms with Gasteiger partial charge in [-0.05, 0) is 26.8 Å². The van der Waals surface area contributed by atoms with Crippen LogP contribution in [0.15, 0.2) is 0 Å². The largest absolute Gasteiger partial charge is 0.377 e. The van der Waals surface area contributed by atoms with Gasteiger partial charge in [0.05, 0.1) is 11.5 Å². The van der Waals surface area contributed by atoms with E-state index in [4.69, 9.17) is 4.74 Å². The van der Waals surface area contributed by atoms with Crippen LogP contribution >= 0.6 is 0 Å². The highest BCUT2D eigenvalue weighted by Gasteiger charge is 2.24. The van der Waals surface area contributed by atoms with Crippen LogP contribution in [0.3, 0.4) is 0 Å². The van der Waals surface area contributed by atoms with Gasteiger partial charge in [-0.3, -0.25) is 4.79 Å². The molecule has 0 aromatic heterocycles. The molecule has 0 aromatic carbocycles. The Morgan fingerprint density at radius 2 is 2.36 bits per heavy atom. The van der Waals surface area contributed by atoms with Gasteiger partial charge >= 0.3 is 0 Å². The lowest BCUT2D eigenvalue weighted by Crippen LogP contribution is -2.42. The van der Waals surface area contributed by atoms with E-state index in [-0.39, 0.29) is 17.4 Å². The number of hydrogen-bond donors (Lipinski definition) is 2. The molecule has 0 bridgehead atoms. The Morgan fingerprint density at radius 1 is 1.64 bits per heavy atom. The summed E-state index contributed by atoms with van der Waals surface area (Å²) in [4.78, 5) is 11.6. The van der Waals surface area contributed by atoms with Gasteiger partial charge in [-0.1, -0.05) is 0 Å². The lowest BCUT2D eigenvalue weighted by atomic mass is 10.1. The third kappa shape index (κ3) is 3.27. The maximum atomic E-state index is 11.6. The summed E-state index contributed by atoms with van der Waals surface area (Å²) in [6.07, 6.45) is 0.944. The van der Waals surface area contributed by atoms with Gasteiger partial charge in [0, 0.05) is 20.2 Å². The predicted molar refractivity (Wildman–Crippen MR) is 55.1 cm³/mol. The van der Waals surface area contributed by atoms with Crippen LogP contribution in [-0.4, -0.2) is 38.3 Å². The standard InChI is InChI=1S/C10H20N2O2/c1-10(2,14-3)7-12-9(13)8-4-5-11-6-8/h8,11H,4-7H2,1-3H3,(H,12,13)/t8-/m1/s1. The number of carbonyl (C=O) groups excluding carboxylic acids is 1. The fourth-order valence-corrected chi connectivity index (χ4v) is 1.39. The Morgan fingerprint density at radius 3 is 2.86 bits per heavy atom. The van der Waals surface area contributed by atoms with Crippen LogP contribution < -0.4 is 10.6 Å². The Kier molecular flexibility index (Phi) is 3.89. The number of carbonyl (C=O) groups is 1. The Labute approximate surface area is 85.4 Å². The van der Waals surface area contributed by atoms with E-state index in [1.807, 2.05) is 13.8 Å². The van der Waals surface area contributed by atoms with Crippen LogP contribution in [0.25, 0.3) is 0 Å². The van der Waals surface area contributed by atoms with Crippen LogP contribution in [0.5, 0.6) is 0 Å². The first-order valence-corrected chi connectivity index (χ1v) is 5.09. The lowest BCUT2D eigenvalue weighted by Gasteiger charge is -2.23. The van der Waals surface area contributed by atoms with Crippen molar-refractivity contribution in [2.75, 3.05) is 26.7 Å². The third-order valence-electron chi connectivity index (χ3n) is 2.67. The van der Waals surface area contributed by atoms with Gasteiger partial charge in [0.15, 0.2) is 0 Å². The van der Waals surface area contributed by atoms with Crippen molar-refractivity contribution in [3.63, 3.8) is 0 Å². The molecule has 1 rings (SSSR count). The fourth-order valence-electron chi connectivity index (χ4n) is 1.39. The van der Waals surface area contributed by atoms with Gasteiger partial charge in [-0.15, -0.1) is 0 Å². The van der Waals surface area contributed by atoms with E-state index in [0.29, 0.717) is 6.54 Å². The molecule has 1 saturated heterocycles. The van der Waals surface area contributed by atoms with E-state index in [0.717, 1.165) is 19.5 Å². The summed E-state index contributed by atoms with van der Waals surface area (Å²) in [5.74, 6) is 0.280. The number of methoxy groups -OCH3 is 1. The van der Waals surface area contributed by atoms with Gasteiger partial charge < -0.3 is 15.4 Å². The molecule has 1 atom stereocenters. The van der Waals surface area contributed by atoms with Gasteiger partial charge in [0.2, 0.25) is 5.91 Å². The van der Waals surface area contributed by atoms with Crippen molar-refractivity contribution in [3.8, 4) is 0 Å². The minimum atomic E-state index is -0.276. The summed E-state index contributed by atoms with van der Waals surface area (Å²) in [5.41, 5.74) is -0.276. The first kappa shape index (κ1) is 11.5. The third-order valence-corrected chi connectivity index (χ3v) is 2.67. The van der Waals surface area contributed by atoms with E-state index in [2.05, 4.69) is 10.6 Å². The van der Waals surface area contributed by atoms with E-state index in [9.17, 15) is 4.79 Å². The molecule has 82 valence electrons. The molecular weight excluding hydrogens is 180 g/mol. The molecule has 0 saturated carbocycles. The van der Waals surface area contributed by atoms with Crippen molar-refractivity contribution in [1.29, 1.82) is 0 Å².